The number of benzene rings is 1. The average molecular weight is 222 g/mol. The van der Waals surface area contributed by atoms with Crippen LogP contribution in [0.15, 0.2) is 24.3 Å². The fourth-order valence-corrected chi connectivity index (χ4v) is 1.16. The van der Waals surface area contributed by atoms with E-state index in [2.05, 4.69) is 0 Å². The molecule has 0 spiro atoms. The molecule has 16 heavy (non-hydrogen) atoms. The Kier molecular flexibility index (Phi) is 4.51. The highest BCUT2D eigenvalue weighted by atomic mass is 16.5. The van der Waals surface area contributed by atoms with E-state index in [1.807, 2.05) is 19.1 Å². The molecule has 1 N–H and O–H groups in total. The van der Waals surface area contributed by atoms with Crippen molar-refractivity contribution in [2.75, 3.05) is 6.61 Å². The minimum atomic E-state index is -0.883. The molecule has 1 aromatic rings. The predicted molar refractivity (Wildman–Crippen MR) is 58.3 cm³/mol. The molecule has 0 unspecified atom stereocenters. The van der Waals surface area contributed by atoms with Crippen LogP contribution in [0.4, 0.5) is 0 Å². The predicted octanol–water partition coefficient (Wildman–Crippen LogP) is 2.02. The molecule has 4 heteroatoms. The molecule has 0 saturated carbocycles. The van der Waals surface area contributed by atoms with Gasteiger partial charge >= 0.3 is 11.9 Å². The fourth-order valence-electron chi connectivity index (χ4n) is 1.16. The first kappa shape index (κ1) is 12.2. The van der Waals surface area contributed by atoms with Gasteiger partial charge in [0.2, 0.25) is 0 Å². The van der Waals surface area contributed by atoms with Gasteiger partial charge in [-0.15, -0.1) is 0 Å². The maximum Gasteiger partial charge on any atom is 0.338 e. The zero-order valence-corrected chi connectivity index (χ0v) is 9.10. The summed E-state index contributed by atoms with van der Waals surface area (Å²) in [5.74, 6) is -1.29. The van der Waals surface area contributed by atoms with Gasteiger partial charge in [-0.3, -0.25) is 4.79 Å². The molecule has 0 radical (unpaired) electrons. The van der Waals surface area contributed by atoms with Crippen molar-refractivity contribution in [1.82, 2.24) is 0 Å². The van der Waals surface area contributed by atoms with E-state index in [4.69, 9.17) is 9.84 Å². The molecule has 0 aliphatic rings. The van der Waals surface area contributed by atoms with Crippen LogP contribution in [-0.4, -0.2) is 23.7 Å². The van der Waals surface area contributed by atoms with Crippen LogP contribution >= 0.6 is 0 Å². The number of esters is 1. The molecule has 1 aromatic carbocycles. The summed E-state index contributed by atoms with van der Waals surface area (Å²) in [6.07, 6.45) is 0.355. The minimum absolute atomic E-state index is 0.0151. The fraction of sp³-hybridized carbons (Fsp3) is 0.333. The van der Waals surface area contributed by atoms with Crippen molar-refractivity contribution in [2.45, 2.75) is 19.8 Å². The van der Waals surface area contributed by atoms with Crippen LogP contribution in [0.1, 0.15) is 28.8 Å². The maximum atomic E-state index is 11.4. The van der Waals surface area contributed by atoms with Gasteiger partial charge in [0.1, 0.15) is 0 Å². The summed E-state index contributed by atoms with van der Waals surface area (Å²) in [5, 5.41) is 8.39. The molecule has 0 saturated heterocycles. The summed E-state index contributed by atoms with van der Waals surface area (Å²) < 4.78 is 4.92. The summed E-state index contributed by atoms with van der Waals surface area (Å²) in [6.45, 7) is 2.07. The van der Waals surface area contributed by atoms with E-state index in [0.29, 0.717) is 12.0 Å². The van der Waals surface area contributed by atoms with Crippen molar-refractivity contribution in [2.24, 2.45) is 0 Å². The largest absolute Gasteiger partial charge is 0.481 e. The van der Waals surface area contributed by atoms with Crippen LogP contribution in [-0.2, 0) is 9.53 Å². The lowest BCUT2D eigenvalue weighted by Gasteiger charge is -2.03. The smallest absolute Gasteiger partial charge is 0.338 e. The molecule has 1 rings (SSSR count). The van der Waals surface area contributed by atoms with Gasteiger partial charge < -0.3 is 9.84 Å². The van der Waals surface area contributed by atoms with Gasteiger partial charge in [-0.25, -0.2) is 4.79 Å². The van der Waals surface area contributed by atoms with Crippen LogP contribution in [0.5, 0.6) is 0 Å². The number of carbonyl (C=O) groups is 2. The van der Waals surface area contributed by atoms with Gasteiger partial charge in [-0.1, -0.05) is 17.7 Å². The monoisotopic (exact) mass is 222 g/mol. The summed E-state index contributed by atoms with van der Waals surface area (Å²) in [5.41, 5.74) is 1.56. The molecule has 0 amide bonds. The van der Waals surface area contributed by atoms with Gasteiger partial charge in [0.05, 0.1) is 12.2 Å². The van der Waals surface area contributed by atoms with E-state index < -0.39 is 11.9 Å². The van der Waals surface area contributed by atoms with Crippen molar-refractivity contribution in [1.29, 1.82) is 0 Å². The van der Waals surface area contributed by atoms with Gasteiger partial charge in [0.15, 0.2) is 0 Å². The molecule has 0 heterocycles. The minimum Gasteiger partial charge on any atom is -0.481 e. The standard InChI is InChI=1S/C12H14O4/c1-9-4-6-10(7-5-9)12(15)16-8-2-3-11(13)14/h4-7H,2-3,8H2,1H3,(H,13,14). The second-order valence-electron chi connectivity index (χ2n) is 3.50. The zero-order valence-electron chi connectivity index (χ0n) is 9.10. The van der Waals surface area contributed by atoms with E-state index >= 15 is 0 Å². The van der Waals surface area contributed by atoms with Crippen molar-refractivity contribution < 1.29 is 19.4 Å². The molecule has 0 aliphatic carbocycles. The number of carbonyl (C=O) groups excluding carboxylic acids is 1. The highest BCUT2D eigenvalue weighted by Crippen LogP contribution is 2.05. The topological polar surface area (TPSA) is 63.6 Å². The summed E-state index contributed by atoms with van der Waals surface area (Å²) in [6, 6.07) is 7.03. The number of hydrogen-bond acceptors (Lipinski definition) is 3. The van der Waals surface area contributed by atoms with Crippen LogP contribution in [0.25, 0.3) is 0 Å². The Hall–Kier alpha value is -1.84. The molecular formula is C12H14O4. The Balaban J connectivity index is 2.35. The van der Waals surface area contributed by atoms with Crippen molar-refractivity contribution in [3.8, 4) is 0 Å². The molecule has 0 aromatic heterocycles. The number of carboxylic acids is 1. The van der Waals surface area contributed by atoms with E-state index in [1.54, 1.807) is 12.1 Å². The Morgan fingerprint density at radius 3 is 2.44 bits per heavy atom. The molecule has 0 fully saturated rings. The SMILES string of the molecule is Cc1ccc(C(=O)OCCCC(=O)O)cc1. The first-order valence-corrected chi connectivity index (χ1v) is 5.05. The maximum absolute atomic E-state index is 11.4. The lowest BCUT2D eigenvalue weighted by Crippen LogP contribution is -2.07. The van der Waals surface area contributed by atoms with Gasteiger partial charge in [0.25, 0.3) is 0 Å². The number of rotatable bonds is 5. The van der Waals surface area contributed by atoms with E-state index in [1.165, 1.54) is 0 Å². The first-order chi connectivity index (χ1) is 7.59. The summed E-state index contributed by atoms with van der Waals surface area (Å²) in [7, 11) is 0. The van der Waals surface area contributed by atoms with Gasteiger partial charge in [-0.2, -0.15) is 0 Å². The average Bonchev–Trinajstić information content (AvgIpc) is 2.25. The van der Waals surface area contributed by atoms with E-state index in [0.717, 1.165) is 5.56 Å². The zero-order chi connectivity index (χ0) is 12.0. The first-order valence-electron chi connectivity index (χ1n) is 5.05. The van der Waals surface area contributed by atoms with Crippen molar-refractivity contribution >= 4 is 11.9 Å². The third kappa shape index (κ3) is 4.13. The van der Waals surface area contributed by atoms with Crippen LogP contribution in [0.2, 0.25) is 0 Å². The summed E-state index contributed by atoms with van der Waals surface area (Å²) in [4.78, 5) is 21.6. The molecule has 0 aliphatic heterocycles. The lowest BCUT2D eigenvalue weighted by molar-refractivity contribution is -0.137. The molecule has 0 bridgehead atoms. The van der Waals surface area contributed by atoms with Crippen LogP contribution in [0.3, 0.4) is 0 Å². The Morgan fingerprint density at radius 1 is 1.25 bits per heavy atom. The summed E-state index contributed by atoms with van der Waals surface area (Å²) >= 11 is 0. The number of ether oxygens (including phenoxy) is 1. The lowest BCUT2D eigenvalue weighted by atomic mass is 10.1. The van der Waals surface area contributed by atoms with Crippen LogP contribution < -0.4 is 0 Å². The second-order valence-corrected chi connectivity index (χ2v) is 3.50. The number of aliphatic carboxylic acids is 1. The third-order valence-corrected chi connectivity index (χ3v) is 2.06. The van der Waals surface area contributed by atoms with Gasteiger partial charge in [-0.05, 0) is 25.5 Å². The third-order valence-electron chi connectivity index (χ3n) is 2.06. The van der Waals surface area contributed by atoms with Crippen LogP contribution in [0, 0.1) is 6.92 Å². The number of carboxylic acid groups (broad SMARTS) is 1. The Bertz CT molecular complexity index is 367. The molecule has 4 nitrogen and oxygen atoms in total. The number of hydrogen-bond donors (Lipinski definition) is 1. The quantitative estimate of drug-likeness (QED) is 0.611. The Labute approximate surface area is 93.9 Å². The molecule has 0 atom stereocenters. The second kappa shape index (κ2) is 5.90. The highest BCUT2D eigenvalue weighted by Gasteiger charge is 2.06. The van der Waals surface area contributed by atoms with E-state index in [9.17, 15) is 9.59 Å². The normalized spacial score (nSPS) is 9.81. The molecule has 86 valence electrons. The van der Waals surface area contributed by atoms with Crippen molar-refractivity contribution in [3.05, 3.63) is 35.4 Å². The highest BCUT2D eigenvalue weighted by molar-refractivity contribution is 5.89. The van der Waals surface area contributed by atoms with Gasteiger partial charge in [0, 0.05) is 6.42 Å². The Morgan fingerprint density at radius 2 is 1.88 bits per heavy atom. The van der Waals surface area contributed by atoms with Crippen molar-refractivity contribution in [3.63, 3.8) is 0 Å². The number of aryl methyl sites for hydroxylation is 1. The van der Waals surface area contributed by atoms with E-state index in [-0.39, 0.29) is 13.0 Å². The molecular weight excluding hydrogens is 208 g/mol.